The maximum absolute atomic E-state index is 6.04. The van der Waals surface area contributed by atoms with Gasteiger partial charge < -0.3 is 10.2 Å². The van der Waals surface area contributed by atoms with Crippen molar-refractivity contribution in [3.8, 4) is 0 Å². The number of thiazole rings is 1. The Kier molecular flexibility index (Phi) is 3.93. The summed E-state index contributed by atoms with van der Waals surface area (Å²) in [4.78, 5) is 6.45. The van der Waals surface area contributed by atoms with Crippen LogP contribution in [0.4, 0.5) is 0 Å². The van der Waals surface area contributed by atoms with E-state index in [1.807, 2.05) is 31.6 Å². The molecule has 0 aliphatic carbocycles. The van der Waals surface area contributed by atoms with Crippen LogP contribution in [0.15, 0.2) is 33.7 Å². The number of nitrogens with two attached hydrogens (primary N) is 1. The van der Waals surface area contributed by atoms with Crippen molar-refractivity contribution in [1.82, 2.24) is 9.88 Å². The minimum absolute atomic E-state index is 0.00443. The van der Waals surface area contributed by atoms with Gasteiger partial charge in [-0.25, -0.2) is 4.98 Å². The highest BCUT2D eigenvalue weighted by Crippen LogP contribution is 2.24. The molecule has 0 saturated carbocycles. The van der Waals surface area contributed by atoms with Gasteiger partial charge in [0.2, 0.25) is 0 Å². The number of furan rings is 1. The summed E-state index contributed by atoms with van der Waals surface area (Å²) >= 11 is 1.61. The summed E-state index contributed by atoms with van der Waals surface area (Å²) in [5.41, 5.74) is 8.95. The molecule has 2 aromatic heterocycles. The van der Waals surface area contributed by atoms with Crippen molar-refractivity contribution < 1.29 is 4.42 Å². The molecule has 5 heteroatoms. The normalized spacial score (nSPS) is 15.1. The van der Waals surface area contributed by atoms with Crippen LogP contribution in [0.5, 0.6) is 0 Å². The summed E-state index contributed by atoms with van der Waals surface area (Å²) in [6.45, 7) is 2.77. The van der Waals surface area contributed by atoms with Crippen LogP contribution in [0.2, 0.25) is 0 Å². The highest BCUT2D eigenvalue weighted by molar-refractivity contribution is 7.07. The van der Waals surface area contributed by atoms with Crippen LogP contribution in [0.3, 0.4) is 0 Å². The maximum atomic E-state index is 6.04. The Morgan fingerprint density at radius 1 is 1.59 bits per heavy atom. The van der Waals surface area contributed by atoms with Crippen LogP contribution in [0.25, 0.3) is 0 Å². The Bertz CT molecular complexity index is 425. The van der Waals surface area contributed by atoms with Crippen molar-refractivity contribution in [3.63, 3.8) is 0 Å². The summed E-state index contributed by atoms with van der Waals surface area (Å²) in [6, 6.07) is 3.93. The van der Waals surface area contributed by atoms with Gasteiger partial charge in [-0.15, -0.1) is 11.3 Å². The van der Waals surface area contributed by atoms with Gasteiger partial charge in [0, 0.05) is 18.0 Å². The second-order valence-electron chi connectivity index (χ2n) is 4.21. The third kappa shape index (κ3) is 2.94. The zero-order chi connectivity index (χ0) is 12.3. The van der Waals surface area contributed by atoms with Crippen LogP contribution in [0, 0.1) is 0 Å². The Morgan fingerprint density at radius 3 is 2.94 bits per heavy atom. The molecule has 2 aromatic rings. The minimum Gasteiger partial charge on any atom is -0.468 e. The van der Waals surface area contributed by atoms with Gasteiger partial charge in [0.05, 0.1) is 23.5 Å². The number of hydrogen-bond acceptors (Lipinski definition) is 5. The average molecular weight is 251 g/mol. The third-order valence-corrected chi connectivity index (χ3v) is 3.34. The average Bonchev–Trinajstić information content (AvgIpc) is 2.89. The lowest BCUT2D eigenvalue weighted by molar-refractivity contribution is 0.182. The van der Waals surface area contributed by atoms with E-state index >= 15 is 0 Å². The van der Waals surface area contributed by atoms with Gasteiger partial charge in [-0.3, -0.25) is 4.90 Å². The molecule has 0 fully saturated rings. The predicted molar refractivity (Wildman–Crippen MR) is 68.7 cm³/mol. The van der Waals surface area contributed by atoms with E-state index in [-0.39, 0.29) is 12.1 Å². The van der Waals surface area contributed by atoms with Crippen molar-refractivity contribution in [3.05, 3.63) is 40.7 Å². The molecule has 4 nitrogen and oxygen atoms in total. The molecule has 0 saturated heterocycles. The van der Waals surface area contributed by atoms with Crippen molar-refractivity contribution in [2.45, 2.75) is 25.6 Å². The molecule has 0 spiro atoms. The molecule has 92 valence electrons. The van der Waals surface area contributed by atoms with Crippen LogP contribution >= 0.6 is 11.3 Å². The quantitative estimate of drug-likeness (QED) is 0.885. The van der Waals surface area contributed by atoms with Gasteiger partial charge in [0.25, 0.3) is 0 Å². The number of rotatable bonds is 5. The minimum atomic E-state index is 0.00443. The summed E-state index contributed by atoms with van der Waals surface area (Å²) in [6.07, 6.45) is 1.68. The van der Waals surface area contributed by atoms with E-state index in [1.54, 1.807) is 17.6 Å². The Labute approximate surface area is 105 Å². The van der Waals surface area contributed by atoms with Gasteiger partial charge in [0.15, 0.2) is 0 Å². The molecule has 0 radical (unpaired) electrons. The van der Waals surface area contributed by atoms with Gasteiger partial charge >= 0.3 is 0 Å². The molecule has 0 aliphatic heterocycles. The summed E-state index contributed by atoms with van der Waals surface area (Å²) in [7, 11) is 2.04. The molecule has 0 aromatic carbocycles. The first-order chi connectivity index (χ1) is 8.18. The molecular formula is C12H17N3OS. The highest BCUT2D eigenvalue weighted by atomic mass is 32.1. The molecule has 0 bridgehead atoms. The smallest absolute Gasteiger partial charge is 0.122 e. The Morgan fingerprint density at radius 2 is 2.41 bits per heavy atom. The third-order valence-electron chi connectivity index (χ3n) is 2.70. The maximum Gasteiger partial charge on any atom is 0.122 e. The second-order valence-corrected chi connectivity index (χ2v) is 4.93. The van der Waals surface area contributed by atoms with Crippen molar-refractivity contribution in [2.24, 2.45) is 5.73 Å². The Balaban J connectivity index is 2.11. The second kappa shape index (κ2) is 5.44. The molecule has 2 atom stereocenters. The van der Waals surface area contributed by atoms with Crippen LogP contribution in [-0.2, 0) is 6.54 Å². The van der Waals surface area contributed by atoms with Gasteiger partial charge in [-0.05, 0) is 26.1 Å². The standard InChI is InChI=1S/C12H17N3OS/c1-9(13)12(11-4-3-5-16-11)15(2)6-10-7-17-8-14-10/h3-5,7-9,12H,6,13H2,1-2H3. The SMILES string of the molecule is CC(N)C(c1ccco1)N(C)Cc1cscn1. The summed E-state index contributed by atoms with van der Waals surface area (Å²) in [5, 5.41) is 2.05. The molecule has 0 aliphatic rings. The van der Waals surface area contributed by atoms with Gasteiger partial charge in [-0.2, -0.15) is 0 Å². The fourth-order valence-corrected chi connectivity index (χ4v) is 2.56. The van der Waals surface area contributed by atoms with E-state index < -0.39 is 0 Å². The van der Waals surface area contributed by atoms with E-state index in [2.05, 4.69) is 15.3 Å². The van der Waals surface area contributed by atoms with E-state index in [9.17, 15) is 0 Å². The monoisotopic (exact) mass is 251 g/mol. The lowest BCUT2D eigenvalue weighted by Gasteiger charge is -2.28. The predicted octanol–water partition coefficient (Wildman–Crippen LogP) is 2.26. The zero-order valence-corrected chi connectivity index (χ0v) is 10.9. The van der Waals surface area contributed by atoms with E-state index in [0.717, 1.165) is 18.0 Å². The molecule has 2 heterocycles. The van der Waals surface area contributed by atoms with E-state index in [4.69, 9.17) is 10.2 Å². The lowest BCUT2D eigenvalue weighted by atomic mass is 10.1. The molecule has 2 unspecified atom stereocenters. The molecule has 17 heavy (non-hydrogen) atoms. The molecule has 2 N–H and O–H groups in total. The Hall–Kier alpha value is -1.17. The first-order valence-corrected chi connectivity index (χ1v) is 6.49. The lowest BCUT2D eigenvalue weighted by Crippen LogP contribution is -2.36. The molecular weight excluding hydrogens is 234 g/mol. The summed E-state index contributed by atoms with van der Waals surface area (Å²) in [5.74, 6) is 0.901. The van der Waals surface area contributed by atoms with Crippen LogP contribution in [-0.4, -0.2) is 23.0 Å². The fourth-order valence-electron chi connectivity index (χ4n) is 2.01. The number of likely N-dealkylation sites (N-methyl/N-ethyl adjacent to an activating group) is 1. The fraction of sp³-hybridized carbons (Fsp3) is 0.417. The summed E-state index contributed by atoms with van der Waals surface area (Å²) < 4.78 is 5.46. The first-order valence-electron chi connectivity index (χ1n) is 5.54. The van der Waals surface area contributed by atoms with Crippen molar-refractivity contribution >= 4 is 11.3 Å². The number of aromatic nitrogens is 1. The van der Waals surface area contributed by atoms with Crippen LogP contribution in [0.1, 0.15) is 24.4 Å². The number of hydrogen-bond donors (Lipinski definition) is 1. The van der Waals surface area contributed by atoms with Crippen LogP contribution < -0.4 is 5.73 Å². The number of nitrogens with zero attached hydrogens (tertiary/aromatic N) is 2. The van der Waals surface area contributed by atoms with Crippen molar-refractivity contribution in [2.75, 3.05) is 7.05 Å². The first kappa shape index (κ1) is 12.3. The van der Waals surface area contributed by atoms with Gasteiger partial charge in [-0.1, -0.05) is 0 Å². The van der Waals surface area contributed by atoms with Crippen molar-refractivity contribution in [1.29, 1.82) is 0 Å². The molecule has 2 rings (SSSR count). The van der Waals surface area contributed by atoms with E-state index in [0.29, 0.717) is 0 Å². The van der Waals surface area contributed by atoms with E-state index in [1.165, 1.54) is 0 Å². The van der Waals surface area contributed by atoms with Gasteiger partial charge in [0.1, 0.15) is 5.76 Å². The zero-order valence-electron chi connectivity index (χ0n) is 10.0. The molecule has 0 amide bonds. The largest absolute Gasteiger partial charge is 0.468 e. The highest BCUT2D eigenvalue weighted by Gasteiger charge is 2.24. The topological polar surface area (TPSA) is 55.3 Å².